The molecule has 0 spiro atoms. The summed E-state index contributed by atoms with van der Waals surface area (Å²) in [6.07, 6.45) is 0. The van der Waals surface area contributed by atoms with Crippen molar-refractivity contribution in [3.8, 4) is 34.4 Å². The number of nitrogens with zero attached hydrogens (tertiary/aromatic N) is 2. The summed E-state index contributed by atoms with van der Waals surface area (Å²) in [7, 11) is 0. The lowest BCUT2D eigenvalue weighted by Crippen LogP contribution is -2.58. The van der Waals surface area contributed by atoms with Crippen LogP contribution in [0.4, 0.5) is 0 Å². The highest BCUT2D eigenvalue weighted by molar-refractivity contribution is 7.00. The molecule has 0 N–H and O–H groups in total. The smallest absolute Gasteiger partial charge is 0.256 e. The van der Waals surface area contributed by atoms with Crippen molar-refractivity contribution in [3.63, 3.8) is 0 Å². The number of fused-ring (bicyclic) bond motifs is 14. The van der Waals surface area contributed by atoms with E-state index in [1.807, 2.05) is 0 Å². The van der Waals surface area contributed by atoms with Crippen LogP contribution in [0.3, 0.4) is 0 Å². The first-order valence-electron chi connectivity index (χ1n) is 20.0. The van der Waals surface area contributed by atoms with Crippen LogP contribution >= 0.6 is 0 Å². The minimum Gasteiger partial charge on any atom is -0.458 e. The monoisotopic (exact) mass is 720 g/mol. The number of benzene rings is 7. The Kier molecular flexibility index (Phi) is 5.55. The van der Waals surface area contributed by atoms with Crippen molar-refractivity contribution in [1.29, 1.82) is 0 Å². The van der Waals surface area contributed by atoms with Crippen LogP contribution in [0.5, 0.6) is 23.0 Å². The van der Waals surface area contributed by atoms with Crippen molar-refractivity contribution < 1.29 is 9.47 Å². The molecule has 0 atom stereocenters. The van der Waals surface area contributed by atoms with Gasteiger partial charge >= 0.3 is 0 Å². The first-order valence-corrected chi connectivity index (χ1v) is 20.0. The first-order chi connectivity index (χ1) is 27.0. The molecule has 0 aliphatic carbocycles. The fourth-order valence-corrected chi connectivity index (χ4v) is 10.7. The SMILES string of the molecule is CC(C)(C)c1ccc2c(c1)B1c3c(cccc3-n3c4cc5c(cc4c4cccc1c43)c1cccc3c1n5-c1cccc4c1B3c1cc(C(C)(C)C)ccc1O4)O2. The lowest BCUT2D eigenvalue weighted by atomic mass is 9.34. The number of hydrogen-bond acceptors (Lipinski definition) is 2. The highest BCUT2D eigenvalue weighted by atomic mass is 16.5. The quantitative estimate of drug-likeness (QED) is 0.148. The van der Waals surface area contributed by atoms with Gasteiger partial charge in [0.2, 0.25) is 0 Å². The summed E-state index contributed by atoms with van der Waals surface area (Å²) in [5.74, 6) is 3.80. The Bertz CT molecular complexity index is 3080. The molecule has 7 aromatic carbocycles. The van der Waals surface area contributed by atoms with E-state index in [0.29, 0.717) is 0 Å². The summed E-state index contributed by atoms with van der Waals surface area (Å²) in [6.45, 7) is 13.9. The Labute approximate surface area is 326 Å². The van der Waals surface area contributed by atoms with E-state index in [0.717, 1.165) is 23.0 Å². The molecule has 13 rings (SSSR count). The molecule has 4 aliphatic heterocycles. The minimum atomic E-state index is 0.0263. The highest BCUT2D eigenvalue weighted by Crippen LogP contribution is 2.43. The first kappa shape index (κ1) is 31.1. The van der Waals surface area contributed by atoms with Gasteiger partial charge in [0.15, 0.2) is 0 Å². The standard InChI is InChI=1S/C50H38B2N2O2/c1-49(2,3)27-19-21-41-35(23-27)51-33-13-7-11-29-31-25-32-30-12-8-14-34-48(30)54(40(32)26-39(31)53(47(29)33)37-15-9-17-43(55-41)45(37)51)38-16-10-18-44-46(38)52(34)36-24-28(50(4,5)6)20-22-42(36)56-44/h7-26H,1-6H3. The maximum absolute atomic E-state index is 6.76. The molecule has 56 heavy (non-hydrogen) atoms. The largest absolute Gasteiger partial charge is 0.458 e. The fraction of sp³-hybridized carbons (Fsp3) is 0.160. The van der Waals surface area contributed by atoms with Gasteiger partial charge < -0.3 is 18.6 Å². The van der Waals surface area contributed by atoms with Crippen LogP contribution in [0.1, 0.15) is 52.7 Å². The average Bonchev–Trinajstić information content (AvgIpc) is 3.69. The van der Waals surface area contributed by atoms with Crippen LogP contribution in [0.2, 0.25) is 0 Å². The molecule has 266 valence electrons. The molecule has 0 saturated heterocycles. The molecular formula is C50H38B2N2O2. The van der Waals surface area contributed by atoms with Gasteiger partial charge in [-0.25, -0.2) is 0 Å². The second-order valence-electron chi connectivity index (χ2n) is 18.5. The zero-order valence-electron chi connectivity index (χ0n) is 32.4. The molecular weight excluding hydrogens is 682 g/mol. The van der Waals surface area contributed by atoms with Gasteiger partial charge in [0, 0.05) is 44.0 Å². The van der Waals surface area contributed by atoms with E-state index in [-0.39, 0.29) is 24.3 Å². The van der Waals surface area contributed by atoms with Crippen molar-refractivity contribution in [3.05, 3.63) is 132 Å². The summed E-state index contributed by atoms with van der Waals surface area (Å²) in [5, 5.41) is 5.13. The zero-order chi connectivity index (χ0) is 37.6. The summed E-state index contributed by atoms with van der Waals surface area (Å²) >= 11 is 0. The van der Waals surface area contributed by atoms with E-state index in [1.165, 1.54) is 98.9 Å². The maximum atomic E-state index is 6.76. The van der Waals surface area contributed by atoms with Crippen molar-refractivity contribution >= 4 is 89.8 Å². The van der Waals surface area contributed by atoms with Crippen molar-refractivity contribution in [2.24, 2.45) is 0 Å². The van der Waals surface area contributed by atoms with Gasteiger partial charge in [-0.1, -0.05) is 114 Å². The van der Waals surface area contributed by atoms with E-state index in [2.05, 4.69) is 172 Å². The number of aromatic nitrogens is 2. The van der Waals surface area contributed by atoms with E-state index in [4.69, 9.17) is 9.47 Å². The van der Waals surface area contributed by atoms with Crippen LogP contribution in [0.25, 0.3) is 55.0 Å². The van der Waals surface area contributed by atoms with Gasteiger partial charge in [0.1, 0.15) is 23.0 Å². The average molecular weight is 720 g/mol. The molecule has 4 aliphatic rings. The summed E-state index contributed by atoms with van der Waals surface area (Å²) in [5.41, 5.74) is 17.8. The molecule has 0 fully saturated rings. The van der Waals surface area contributed by atoms with Crippen LogP contribution in [-0.4, -0.2) is 22.6 Å². The third-order valence-electron chi connectivity index (χ3n) is 13.3. The Morgan fingerprint density at radius 1 is 0.411 bits per heavy atom. The fourth-order valence-electron chi connectivity index (χ4n) is 10.7. The van der Waals surface area contributed by atoms with Crippen LogP contribution in [-0.2, 0) is 10.8 Å². The van der Waals surface area contributed by atoms with E-state index >= 15 is 0 Å². The predicted molar refractivity (Wildman–Crippen MR) is 235 cm³/mol. The lowest BCUT2D eigenvalue weighted by molar-refractivity contribution is 0.485. The maximum Gasteiger partial charge on any atom is 0.256 e. The normalized spacial score (nSPS) is 14.5. The minimum absolute atomic E-state index is 0.0263. The van der Waals surface area contributed by atoms with Crippen molar-refractivity contribution in [2.75, 3.05) is 0 Å². The second-order valence-corrected chi connectivity index (χ2v) is 18.5. The molecule has 9 aromatic rings. The lowest BCUT2D eigenvalue weighted by Gasteiger charge is -2.34. The summed E-state index contributed by atoms with van der Waals surface area (Å²) < 4.78 is 18.6. The number of para-hydroxylation sites is 2. The molecule has 6 heteroatoms. The number of rotatable bonds is 0. The van der Waals surface area contributed by atoms with Gasteiger partial charge in [0.05, 0.1) is 11.0 Å². The van der Waals surface area contributed by atoms with E-state index in [1.54, 1.807) is 0 Å². The Hall–Kier alpha value is -6.13. The number of hydrogen-bond donors (Lipinski definition) is 0. The Morgan fingerprint density at radius 3 is 1.30 bits per heavy atom. The zero-order valence-corrected chi connectivity index (χ0v) is 32.4. The third kappa shape index (κ3) is 3.73. The summed E-state index contributed by atoms with van der Waals surface area (Å²) in [4.78, 5) is 0. The molecule has 2 aromatic heterocycles. The summed E-state index contributed by atoms with van der Waals surface area (Å²) in [6, 6.07) is 45.6. The van der Waals surface area contributed by atoms with E-state index < -0.39 is 0 Å². The predicted octanol–water partition coefficient (Wildman–Crippen LogP) is 8.35. The highest BCUT2D eigenvalue weighted by Gasteiger charge is 2.43. The van der Waals surface area contributed by atoms with Crippen LogP contribution in [0, 0.1) is 0 Å². The molecule has 4 nitrogen and oxygen atoms in total. The van der Waals surface area contributed by atoms with Gasteiger partial charge in [-0.2, -0.15) is 0 Å². The molecule has 0 amide bonds. The molecule has 0 radical (unpaired) electrons. The molecule has 0 saturated carbocycles. The second kappa shape index (κ2) is 9.99. The Balaban J connectivity index is 1.13. The topological polar surface area (TPSA) is 28.3 Å². The molecule has 6 heterocycles. The van der Waals surface area contributed by atoms with Crippen LogP contribution < -0.4 is 42.3 Å². The van der Waals surface area contributed by atoms with Crippen LogP contribution in [0.15, 0.2) is 121 Å². The third-order valence-corrected chi connectivity index (χ3v) is 13.3. The molecule has 0 unspecified atom stereocenters. The van der Waals surface area contributed by atoms with Crippen molar-refractivity contribution in [2.45, 2.75) is 52.4 Å². The van der Waals surface area contributed by atoms with Crippen molar-refractivity contribution in [1.82, 2.24) is 9.13 Å². The van der Waals surface area contributed by atoms with E-state index in [9.17, 15) is 0 Å². The molecule has 0 bridgehead atoms. The Morgan fingerprint density at radius 2 is 0.857 bits per heavy atom. The van der Waals surface area contributed by atoms with Gasteiger partial charge in [0.25, 0.3) is 13.4 Å². The number of ether oxygens (including phenoxy) is 2. The van der Waals surface area contributed by atoms with Gasteiger partial charge in [-0.15, -0.1) is 0 Å². The van der Waals surface area contributed by atoms with Gasteiger partial charge in [-0.3, -0.25) is 0 Å². The van der Waals surface area contributed by atoms with Gasteiger partial charge in [-0.05, 0) is 103 Å².